The van der Waals surface area contributed by atoms with Crippen molar-refractivity contribution in [1.29, 1.82) is 0 Å². The molecule has 1 N–H and O–H groups in total. The van der Waals surface area contributed by atoms with Crippen molar-refractivity contribution in [3.05, 3.63) is 29.3 Å². The van der Waals surface area contributed by atoms with Gasteiger partial charge in [0.1, 0.15) is 5.75 Å². The van der Waals surface area contributed by atoms with E-state index in [0.717, 1.165) is 25.2 Å². The number of fused-ring (bicyclic) bond motifs is 1. The van der Waals surface area contributed by atoms with E-state index in [2.05, 4.69) is 27.3 Å². The fraction of sp³-hybridized carbons (Fsp3) is 0.364. The third-order valence-corrected chi connectivity index (χ3v) is 2.71. The smallest absolute Gasteiger partial charge is 0.287 e. The molecule has 15 heavy (non-hydrogen) atoms. The van der Waals surface area contributed by atoms with Crippen LogP contribution in [0.25, 0.3) is 0 Å². The predicted octanol–water partition coefficient (Wildman–Crippen LogP) is 2.27. The maximum Gasteiger partial charge on any atom is 0.287 e. The number of carbonyl (C=O) groups is 1. The topological polar surface area (TPSA) is 38.3 Å². The van der Waals surface area contributed by atoms with Gasteiger partial charge < -0.3 is 10.1 Å². The molecule has 1 aromatic rings. The Morgan fingerprint density at radius 2 is 2.40 bits per heavy atom. The maximum absolute atomic E-state index is 10.6. The normalized spacial score (nSPS) is 13.1. The van der Waals surface area contributed by atoms with Crippen LogP contribution in [0.2, 0.25) is 0 Å². The molecular formula is C11H12BrNO2. The molecule has 1 heterocycles. The molecule has 0 fully saturated rings. The molecular weight excluding hydrogens is 258 g/mol. The average Bonchev–Trinajstić information content (AvgIpc) is 2.64. The molecule has 0 bridgehead atoms. The van der Waals surface area contributed by atoms with Gasteiger partial charge in [-0.3, -0.25) is 4.79 Å². The molecule has 0 aromatic heterocycles. The zero-order chi connectivity index (χ0) is 10.7. The number of nitrogens with one attached hydrogen (secondary N) is 1. The number of carbonyl (C=O) groups excluding carboxylic acids is 1. The first kappa shape index (κ1) is 10.5. The van der Waals surface area contributed by atoms with Crippen LogP contribution in [-0.2, 0) is 12.8 Å². The van der Waals surface area contributed by atoms with Crippen molar-refractivity contribution in [2.75, 3.05) is 13.2 Å². The lowest BCUT2D eigenvalue weighted by Gasteiger charge is -2.04. The quantitative estimate of drug-likeness (QED) is 0.676. The lowest BCUT2D eigenvalue weighted by molar-refractivity contribution is 0.262. The van der Waals surface area contributed by atoms with Crippen molar-refractivity contribution in [2.45, 2.75) is 12.8 Å². The Labute approximate surface area is 96.9 Å². The Morgan fingerprint density at radius 1 is 1.53 bits per heavy atom. The first-order chi connectivity index (χ1) is 7.25. The Kier molecular flexibility index (Phi) is 3.26. The molecule has 0 unspecified atom stereocenters. The van der Waals surface area contributed by atoms with E-state index >= 15 is 0 Å². The molecule has 3 nitrogen and oxygen atoms in total. The molecule has 1 aromatic carbocycles. The highest BCUT2D eigenvalue weighted by Gasteiger charge is 2.11. The van der Waals surface area contributed by atoms with Gasteiger partial charge in [-0.05, 0) is 23.6 Å². The van der Waals surface area contributed by atoms with Gasteiger partial charge in [-0.2, -0.15) is 0 Å². The second-order valence-corrected chi connectivity index (χ2v) is 4.21. The van der Waals surface area contributed by atoms with Gasteiger partial charge in [0, 0.05) is 28.9 Å². The summed E-state index contributed by atoms with van der Waals surface area (Å²) in [7, 11) is 0. The first-order valence-electron chi connectivity index (χ1n) is 4.93. The van der Waals surface area contributed by atoms with E-state index in [9.17, 15) is 4.79 Å². The summed E-state index contributed by atoms with van der Waals surface area (Å²) in [6, 6.07) is 6.21. The summed E-state index contributed by atoms with van der Waals surface area (Å²) in [5.41, 5.74) is 2.51. The molecule has 1 aliphatic rings. The number of benzene rings is 1. The average molecular weight is 270 g/mol. The van der Waals surface area contributed by atoms with E-state index in [1.807, 2.05) is 12.1 Å². The largest absolute Gasteiger partial charge is 0.493 e. The van der Waals surface area contributed by atoms with Crippen LogP contribution in [0.4, 0.5) is 4.79 Å². The summed E-state index contributed by atoms with van der Waals surface area (Å²) in [5, 5.41) is 2.71. The summed E-state index contributed by atoms with van der Waals surface area (Å²) in [6.07, 6.45) is 1.85. The van der Waals surface area contributed by atoms with Crippen LogP contribution < -0.4 is 10.1 Å². The molecule has 0 saturated heterocycles. The zero-order valence-corrected chi connectivity index (χ0v) is 9.84. The van der Waals surface area contributed by atoms with Crippen LogP contribution in [-0.4, -0.2) is 18.0 Å². The standard InChI is InChI=1S/C11H12BrNO2/c12-11(14)13-5-3-8-1-2-10-9(7-8)4-6-15-10/h1-2,7H,3-6H2,(H,13,14). The lowest BCUT2D eigenvalue weighted by atomic mass is 10.1. The molecule has 80 valence electrons. The summed E-state index contributed by atoms with van der Waals surface area (Å²) >= 11 is 2.83. The Hall–Kier alpha value is -1.03. The lowest BCUT2D eigenvalue weighted by Crippen LogP contribution is -2.18. The van der Waals surface area contributed by atoms with E-state index in [0.29, 0.717) is 6.54 Å². The summed E-state index contributed by atoms with van der Waals surface area (Å²) in [5.74, 6) is 1.00. The molecule has 1 aliphatic heterocycles. The molecule has 0 saturated carbocycles. The molecule has 0 radical (unpaired) electrons. The third kappa shape index (κ3) is 2.72. The van der Waals surface area contributed by atoms with E-state index in [-0.39, 0.29) is 4.82 Å². The van der Waals surface area contributed by atoms with Crippen molar-refractivity contribution in [2.24, 2.45) is 0 Å². The van der Waals surface area contributed by atoms with Gasteiger partial charge in [0.25, 0.3) is 4.82 Å². The van der Waals surface area contributed by atoms with Gasteiger partial charge in [0.15, 0.2) is 0 Å². The van der Waals surface area contributed by atoms with Gasteiger partial charge in [0.2, 0.25) is 0 Å². The Balaban J connectivity index is 1.95. The van der Waals surface area contributed by atoms with Crippen molar-refractivity contribution in [3.8, 4) is 5.75 Å². The number of hydrogen-bond donors (Lipinski definition) is 1. The van der Waals surface area contributed by atoms with Crippen LogP contribution in [0.1, 0.15) is 11.1 Å². The molecule has 4 heteroatoms. The van der Waals surface area contributed by atoms with Gasteiger partial charge in [0.05, 0.1) is 6.61 Å². The highest BCUT2D eigenvalue weighted by atomic mass is 79.9. The summed E-state index contributed by atoms with van der Waals surface area (Å²) < 4.78 is 5.42. The SMILES string of the molecule is O=C(Br)NCCc1ccc2c(c1)CCO2. The second-order valence-electron chi connectivity index (χ2n) is 3.49. The second kappa shape index (κ2) is 4.66. The number of hydrogen-bond acceptors (Lipinski definition) is 2. The van der Waals surface area contributed by atoms with Crippen molar-refractivity contribution < 1.29 is 9.53 Å². The minimum absolute atomic E-state index is 0.160. The predicted molar refractivity (Wildman–Crippen MR) is 61.7 cm³/mol. The van der Waals surface area contributed by atoms with Crippen LogP contribution in [0.3, 0.4) is 0 Å². The van der Waals surface area contributed by atoms with Gasteiger partial charge in [-0.1, -0.05) is 12.1 Å². The van der Waals surface area contributed by atoms with Crippen LogP contribution in [0.5, 0.6) is 5.75 Å². The molecule has 0 aliphatic carbocycles. The molecule has 1 amide bonds. The van der Waals surface area contributed by atoms with Crippen molar-refractivity contribution in [1.82, 2.24) is 5.32 Å². The van der Waals surface area contributed by atoms with Crippen molar-refractivity contribution in [3.63, 3.8) is 0 Å². The van der Waals surface area contributed by atoms with Crippen LogP contribution in [0.15, 0.2) is 18.2 Å². The van der Waals surface area contributed by atoms with E-state index in [4.69, 9.17) is 4.74 Å². The summed E-state index contributed by atoms with van der Waals surface area (Å²) in [4.78, 5) is 10.4. The van der Waals surface area contributed by atoms with Gasteiger partial charge >= 0.3 is 0 Å². The maximum atomic E-state index is 10.6. The fourth-order valence-corrected chi connectivity index (χ4v) is 1.90. The summed E-state index contributed by atoms with van der Waals surface area (Å²) in [6.45, 7) is 1.45. The highest BCUT2D eigenvalue weighted by molar-refractivity contribution is 9.18. The molecule has 0 spiro atoms. The minimum atomic E-state index is -0.160. The number of rotatable bonds is 3. The molecule has 2 rings (SSSR count). The molecule has 0 atom stereocenters. The zero-order valence-electron chi connectivity index (χ0n) is 8.25. The third-order valence-electron chi connectivity index (χ3n) is 2.43. The van der Waals surface area contributed by atoms with E-state index < -0.39 is 0 Å². The Bertz CT molecular complexity index is 379. The number of halogens is 1. The first-order valence-corrected chi connectivity index (χ1v) is 5.73. The number of amides is 1. The minimum Gasteiger partial charge on any atom is -0.493 e. The van der Waals surface area contributed by atoms with E-state index in [1.165, 1.54) is 11.1 Å². The van der Waals surface area contributed by atoms with Gasteiger partial charge in [-0.25, -0.2) is 0 Å². The van der Waals surface area contributed by atoms with Crippen LogP contribution >= 0.6 is 15.9 Å². The number of ether oxygens (including phenoxy) is 1. The fourth-order valence-electron chi connectivity index (χ4n) is 1.70. The van der Waals surface area contributed by atoms with E-state index in [1.54, 1.807) is 0 Å². The van der Waals surface area contributed by atoms with Crippen LogP contribution in [0, 0.1) is 0 Å². The Morgan fingerprint density at radius 3 is 3.20 bits per heavy atom. The van der Waals surface area contributed by atoms with Crippen molar-refractivity contribution >= 4 is 20.7 Å². The highest BCUT2D eigenvalue weighted by Crippen LogP contribution is 2.25. The van der Waals surface area contributed by atoms with Gasteiger partial charge in [-0.15, -0.1) is 0 Å². The monoisotopic (exact) mass is 269 g/mol.